The maximum absolute atomic E-state index is 13.7. The summed E-state index contributed by atoms with van der Waals surface area (Å²) in [7, 11) is 1.31. The lowest BCUT2D eigenvalue weighted by Gasteiger charge is -2.05. The van der Waals surface area contributed by atoms with E-state index in [0.29, 0.717) is 11.5 Å². The quantitative estimate of drug-likeness (QED) is 0.478. The molecule has 0 radical (unpaired) electrons. The lowest BCUT2D eigenvalue weighted by atomic mass is 10.1. The van der Waals surface area contributed by atoms with E-state index in [0.717, 1.165) is 6.07 Å². The minimum absolute atomic E-state index is 0.000414. The number of hydrogen-bond donors (Lipinski definition) is 0. The van der Waals surface area contributed by atoms with Crippen molar-refractivity contribution in [3.05, 3.63) is 71.3 Å². The minimum atomic E-state index is -0.911. The van der Waals surface area contributed by atoms with Crippen molar-refractivity contribution in [2.75, 3.05) is 13.7 Å². The first-order valence-electron chi connectivity index (χ1n) is 8.12. The summed E-state index contributed by atoms with van der Waals surface area (Å²) in [6, 6.07) is 9.13. The number of nitrogens with zero attached hydrogens (tertiary/aromatic N) is 3. The Labute approximate surface area is 158 Å². The molecule has 1 aromatic heterocycles. The van der Waals surface area contributed by atoms with Crippen LogP contribution < -0.4 is 4.74 Å². The zero-order valence-electron chi connectivity index (χ0n) is 15.0. The predicted molar refractivity (Wildman–Crippen MR) is 93.6 cm³/mol. The zero-order chi connectivity index (χ0) is 20.3. The van der Waals surface area contributed by atoms with E-state index in [1.807, 2.05) is 0 Å². The Morgan fingerprint density at radius 3 is 2.46 bits per heavy atom. The highest BCUT2D eigenvalue weighted by Gasteiger charge is 2.19. The number of methoxy groups -OCH3 is 1. The highest BCUT2D eigenvalue weighted by atomic mass is 19.1. The van der Waals surface area contributed by atoms with Gasteiger partial charge in [0.05, 0.1) is 12.8 Å². The number of ketones is 1. The normalized spacial score (nSPS) is 10.6. The first-order valence-corrected chi connectivity index (χ1v) is 8.12. The van der Waals surface area contributed by atoms with Crippen molar-refractivity contribution >= 4 is 11.8 Å². The van der Waals surface area contributed by atoms with Gasteiger partial charge in [-0.2, -0.15) is 0 Å². The van der Waals surface area contributed by atoms with E-state index in [1.165, 1.54) is 48.2 Å². The van der Waals surface area contributed by atoms with Crippen LogP contribution in [0.2, 0.25) is 0 Å². The van der Waals surface area contributed by atoms with Gasteiger partial charge >= 0.3 is 5.97 Å². The fraction of sp³-hybridized carbons (Fsp3) is 0.158. The molecule has 0 N–H and O–H groups in total. The second-order valence-corrected chi connectivity index (χ2v) is 5.72. The van der Waals surface area contributed by atoms with Gasteiger partial charge in [-0.25, -0.2) is 23.2 Å². The molecule has 0 unspecified atom stereocenters. The van der Waals surface area contributed by atoms with Gasteiger partial charge in [-0.3, -0.25) is 4.79 Å². The monoisotopic (exact) mass is 387 g/mol. The maximum atomic E-state index is 13.7. The zero-order valence-corrected chi connectivity index (χ0v) is 15.0. The number of hydrogen-bond acceptors (Lipinski definition) is 6. The summed E-state index contributed by atoms with van der Waals surface area (Å²) in [5.74, 6) is -2.49. The number of halogens is 2. The van der Waals surface area contributed by atoms with Gasteiger partial charge in [-0.15, -0.1) is 5.10 Å². The van der Waals surface area contributed by atoms with Gasteiger partial charge < -0.3 is 9.47 Å². The fourth-order valence-corrected chi connectivity index (χ4v) is 2.42. The fourth-order valence-electron chi connectivity index (χ4n) is 2.42. The van der Waals surface area contributed by atoms with Crippen LogP contribution in [0.5, 0.6) is 5.75 Å². The van der Waals surface area contributed by atoms with Crippen molar-refractivity contribution in [1.82, 2.24) is 14.8 Å². The van der Waals surface area contributed by atoms with E-state index in [1.54, 1.807) is 6.92 Å². The number of rotatable bonds is 6. The van der Waals surface area contributed by atoms with Crippen molar-refractivity contribution in [3.8, 4) is 11.4 Å². The Hall–Kier alpha value is -3.62. The lowest BCUT2D eigenvalue weighted by Crippen LogP contribution is -2.16. The highest BCUT2D eigenvalue weighted by molar-refractivity contribution is 5.98. The first kappa shape index (κ1) is 19.2. The van der Waals surface area contributed by atoms with Crippen molar-refractivity contribution in [2.45, 2.75) is 6.92 Å². The number of carbonyl (C=O) groups excluding carboxylic acids is 2. The molecule has 144 valence electrons. The van der Waals surface area contributed by atoms with Crippen molar-refractivity contribution < 1.29 is 27.8 Å². The molecule has 0 aliphatic rings. The van der Waals surface area contributed by atoms with E-state index in [2.05, 4.69) is 10.1 Å². The number of esters is 1. The van der Waals surface area contributed by atoms with Gasteiger partial charge in [-0.05, 0) is 49.4 Å². The van der Waals surface area contributed by atoms with Crippen LogP contribution >= 0.6 is 0 Å². The smallest absolute Gasteiger partial charge is 0.378 e. The summed E-state index contributed by atoms with van der Waals surface area (Å²) in [6.45, 7) is 1.01. The molecule has 3 rings (SSSR count). The average molecular weight is 387 g/mol. The van der Waals surface area contributed by atoms with E-state index in [9.17, 15) is 18.4 Å². The molecule has 0 bridgehead atoms. The standard InChI is InChI=1S/C19H15F2N3O4/c1-11-22-18(23-24(11)14-6-4-13(20)5-7-14)19(26)28-10-16(25)12-3-8-17(27-2)15(21)9-12/h3-9H,10H2,1-2H3. The summed E-state index contributed by atoms with van der Waals surface area (Å²) >= 11 is 0. The molecule has 0 atom stereocenters. The van der Waals surface area contributed by atoms with Crippen LogP contribution in [-0.2, 0) is 4.74 Å². The Morgan fingerprint density at radius 1 is 1.11 bits per heavy atom. The summed E-state index contributed by atoms with van der Waals surface area (Å²) < 4.78 is 37.8. The SMILES string of the molecule is COc1ccc(C(=O)COC(=O)c2nc(C)n(-c3ccc(F)cc3)n2)cc1F. The van der Waals surface area contributed by atoms with Crippen molar-refractivity contribution in [1.29, 1.82) is 0 Å². The molecular formula is C19H15F2N3O4. The van der Waals surface area contributed by atoms with Crippen LogP contribution in [0.4, 0.5) is 8.78 Å². The molecule has 28 heavy (non-hydrogen) atoms. The molecule has 0 aliphatic carbocycles. The average Bonchev–Trinajstić information content (AvgIpc) is 3.08. The molecule has 0 aliphatic heterocycles. The minimum Gasteiger partial charge on any atom is -0.494 e. The van der Waals surface area contributed by atoms with Crippen molar-refractivity contribution in [2.24, 2.45) is 0 Å². The van der Waals surface area contributed by atoms with E-state index < -0.39 is 30.0 Å². The largest absolute Gasteiger partial charge is 0.494 e. The number of ether oxygens (including phenoxy) is 2. The third-order valence-electron chi connectivity index (χ3n) is 3.83. The molecule has 2 aromatic carbocycles. The number of benzene rings is 2. The summed E-state index contributed by atoms with van der Waals surface area (Å²) in [6.07, 6.45) is 0. The summed E-state index contributed by atoms with van der Waals surface area (Å²) in [4.78, 5) is 28.2. The van der Waals surface area contributed by atoms with Crippen LogP contribution in [0.25, 0.3) is 5.69 Å². The predicted octanol–water partition coefficient (Wildman–Crippen LogP) is 2.90. The highest BCUT2D eigenvalue weighted by Crippen LogP contribution is 2.18. The molecule has 9 heteroatoms. The molecule has 0 fully saturated rings. The Morgan fingerprint density at radius 2 is 1.82 bits per heavy atom. The molecular weight excluding hydrogens is 372 g/mol. The van der Waals surface area contributed by atoms with E-state index in [4.69, 9.17) is 9.47 Å². The van der Waals surface area contributed by atoms with Gasteiger partial charge in [0, 0.05) is 5.56 Å². The van der Waals surface area contributed by atoms with Crippen LogP contribution in [0, 0.1) is 18.6 Å². The van der Waals surface area contributed by atoms with Gasteiger partial charge in [-0.1, -0.05) is 0 Å². The Balaban J connectivity index is 1.68. The molecule has 0 saturated carbocycles. The third kappa shape index (κ3) is 4.03. The van der Waals surface area contributed by atoms with Gasteiger partial charge in [0.1, 0.15) is 11.6 Å². The second-order valence-electron chi connectivity index (χ2n) is 5.72. The van der Waals surface area contributed by atoms with Gasteiger partial charge in [0.2, 0.25) is 0 Å². The van der Waals surface area contributed by atoms with Crippen molar-refractivity contribution in [3.63, 3.8) is 0 Å². The number of Topliss-reactive ketones (excluding diaryl/α,β-unsaturated/α-hetero) is 1. The topological polar surface area (TPSA) is 83.3 Å². The molecule has 3 aromatic rings. The number of aromatic nitrogens is 3. The number of aryl methyl sites for hydroxylation is 1. The van der Waals surface area contributed by atoms with Crippen LogP contribution in [-0.4, -0.2) is 40.2 Å². The molecule has 0 spiro atoms. The maximum Gasteiger partial charge on any atom is 0.378 e. The molecule has 1 heterocycles. The van der Waals surface area contributed by atoms with E-state index in [-0.39, 0.29) is 17.1 Å². The Kier molecular flexibility index (Phi) is 5.44. The second kappa shape index (κ2) is 7.95. The first-order chi connectivity index (χ1) is 13.4. The number of carbonyl (C=O) groups is 2. The van der Waals surface area contributed by atoms with Crippen LogP contribution in [0.1, 0.15) is 26.8 Å². The third-order valence-corrected chi connectivity index (χ3v) is 3.83. The molecule has 0 saturated heterocycles. The van der Waals surface area contributed by atoms with E-state index >= 15 is 0 Å². The summed E-state index contributed by atoms with van der Waals surface area (Å²) in [5, 5.41) is 4.02. The molecule has 0 amide bonds. The van der Waals surface area contributed by atoms with Crippen LogP contribution in [0.3, 0.4) is 0 Å². The van der Waals surface area contributed by atoms with Gasteiger partial charge in [0.25, 0.3) is 5.82 Å². The summed E-state index contributed by atoms with van der Waals surface area (Å²) in [5.41, 5.74) is 0.544. The molecule has 7 nitrogen and oxygen atoms in total. The Bertz CT molecular complexity index is 1030. The lowest BCUT2D eigenvalue weighted by molar-refractivity contribution is 0.0462. The van der Waals surface area contributed by atoms with Gasteiger partial charge in [0.15, 0.2) is 24.0 Å². The van der Waals surface area contributed by atoms with Crippen LogP contribution in [0.15, 0.2) is 42.5 Å².